The first kappa shape index (κ1) is 14.0. The maximum Gasteiger partial charge on any atom is 0.280 e. The van der Waals surface area contributed by atoms with Gasteiger partial charge in [0.15, 0.2) is 10.2 Å². The van der Waals surface area contributed by atoms with Crippen molar-refractivity contribution in [2.45, 2.75) is 24.9 Å². The maximum absolute atomic E-state index is 11.9. The molecule has 104 valence electrons. The Morgan fingerprint density at radius 1 is 1.53 bits per heavy atom. The third-order valence-corrected chi connectivity index (χ3v) is 4.64. The highest BCUT2D eigenvalue weighted by Gasteiger charge is 2.18. The summed E-state index contributed by atoms with van der Waals surface area (Å²) in [6, 6.07) is 1.48. The molecule has 1 atom stereocenters. The minimum Gasteiger partial charge on any atom is -0.309 e. The number of sulfonamides is 1. The Hall–Kier alpha value is -1.45. The van der Waals surface area contributed by atoms with E-state index in [0.717, 1.165) is 12.2 Å². The molecule has 0 amide bonds. The molecule has 1 unspecified atom stereocenters. The van der Waals surface area contributed by atoms with Gasteiger partial charge >= 0.3 is 0 Å². The van der Waals surface area contributed by atoms with Gasteiger partial charge in [-0.25, -0.2) is 4.98 Å². The Balaban J connectivity index is 2.12. The molecular weight excluding hydrogens is 286 g/mol. The zero-order chi connectivity index (χ0) is 13.9. The molecule has 0 saturated heterocycles. The number of hydrogen-bond acceptors (Lipinski definition) is 6. The van der Waals surface area contributed by atoms with Gasteiger partial charge in [-0.05, 0) is 19.5 Å². The fourth-order valence-corrected chi connectivity index (χ4v) is 3.47. The van der Waals surface area contributed by atoms with Crippen LogP contribution in [-0.2, 0) is 10.0 Å². The molecule has 9 heteroatoms. The first-order valence-corrected chi connectivity index (χ1v) is 8.10. The third-order valence-electron chi connectivity index (χ3n) is 2.46. The van der Waals surface area contributed by atoms with Gasteiger partial charge in [0.1, 0.15) is 0 Å². The summed E-state index contributed by atoms with van der Waals surface area (Å²) in [5.41, 5.74) is 0.814. The molecule has 2 rings (SSSR count). The van der Waals surface area contributed by atoms with E-state index in [1.807, 2.05) is 19.2 Å². The van der Waals surface area contributed by atoms with Crippen molar-refractivity contribution in [2.24, 2.45) is 0 Å². The van der Waals surface area contributed by atoms with Crippen LogP contribution in [0.15, 0.2) is 22.7 Å². The summed E-state index contributed by atoms with van der Waals surface area (Å²) in [4.78, 5) is 4.26. The number of nitrogens with one attached hydrogen (secondary N) is 3. The van der Waals surface area contributed by atoms with Crippen LogP contribution in [0.4, 0.5) is 5.13 Å². The number of thiazole rings is 1. The first-order chi connectivity index (χ1) is 9.03. The van der Waals surface area contributed by atoms with Crippen LogP contribution in [-0.4, -0.2) is 30.1 Å². The second-order valence-corrected chi connectivity index (χ2v) is 6.39. The molecule has 0 aliphatic carbocycles. The smallest absolute Gasteiger partial charge is 0.280 e. The van der Waals surface area contributed by atoms with E-state index in [2.05, 4.69) is 25.2 Å². The molecule has 19 heavy (non-hydrogen) atoms. The first-order valence-electron chi connectivity index (χ1n) is 5.74. The normalized spacial score (nSPS) is 13.4. The summed E-state index contributed by atoms with van der Waals surface area (Å²) >= 11 is 1.25. The number of anilines is 1. The largest absolute Gasteiger partial charge is 0.309 e. The van der Waals surface area contributed by atoms with Crippen LogP contribution < -0.4 is 10.0 Å². The number of nitrogens with zero attached hydrogens (tertiary/aromatic N) is 2. The van der Waals surface area contributed by atoms with E-state index >= 15 is 0 Å². The van der Waals surface area contributed by atoms with Crippen LogP contribution in [0.5, 0.6) is 0 Å². The van der Waals surface area contributed by atoms with Gasteiger partial charge in [-0.2, -0.15) is 13.5 Å². The number of H-pyrrole nitrogens is 1. The van der Waals surface area contributed by atoms with Gasteiger partial charge in [-0.3, -0.25) is 9.82 Å². The molecule has 0 aliphatic rings. The van der Waals surface area contributed by atoms with Crippen LogP contribution in [0.1, 0.15) is 25.6 Å². The van der Waals surface area contributed by atoms with E-state index in [-0.39, 0.29) is 11.1 Å². The average Bonchev–Trinajstić information content (AvgIpc) is 2.98. The zero-order valence-electron chi connectivity index (χ0n) is 10.5. The molecule has 0 spiro atoms. The summed E-state index contributed by atoms with van der Waals surface area (Å²) in [5, 5.41) is 11.4. The summed E-state index contributed by atoms with van der Waals surface area (Å²) in [5.74, 6) is 0. The Morgan fingerprint density at radius 3 is 2.95 bits per heavy atom. The molecule has 0 aromatic carbocycles. The third kappa shape index (κ3) is 3.31. The number of aromatic amines is 1. The van der Waals surface area contributed by atoms with Crippen molar-refractivity contribution in [2.75, 3.05) is 11.3 Å². The highest BCUT2D eigenvalue weighted by molar-refractivity contribution is 7.92. The Morgan fingerprint density at radius 2 is 2.32 bits per heavy atom. The lowest BCUT2D eigenvalue weighted by Crippen LogP contribution is -2.18. The van der Waals surface area contributed by atoms with Crippen LogP contribution >= 0.6 is 11.3 Å². The van der Waals surface area contributed by atoms with Crippen LogP contribution in [0.25, 0.3) is 0 Å². The van der Waals surface area contributed by atoms with Crippen molar-refractivity contribution in [1.82, 2.24) is 20.5 Å². The Labute approximate surface area is 115 Å². The van der Waals surface area contributed by atoms with E-state index in [1.54, 1.807) is 0 Å². The molecule has 0 saturated carbocycles. The minimum atomic E-state index is -3.64. The fourth-order valence-electron chi connectivity index (χ4n) is 1.51. The molecule has 3 N–H and O–H groups in total. The van der Waals surface area contributed by atoms with Crippen molar-refractivity contribution in [3.63, 3.8) is 0 Å². The molecule has 7 nitrogen and oxygen atoms in total. The number of hydrogen-bond donors (Lipinski definition) is 3. The van der Waals surface area contributed by atoms with Crippen molar-refractivity contribution >= 4 is 26.5 Å². The highest BCUT2D eigenvalue weighted by atomic mass is 32.2. The number of aromatic nitrogens is 3. The van der Waals surface area contributed by atoms with Crippen molar-refractivity contribution in [3.05, 3.63) is 23.3 Å². The monoisotopic (exact) mass is 301 g/mol. The molecule has 0 aliphatic heterocycles. The molecule has 2 aromatic heterocycles. The van der Waals surface area contributed by atoms with Gasteiger partial charge in [-0.15, -0.1) is 11.3 Å². The Kier molecular flexibility index (Phi) is 4.17. The SMILES string of the molecule is CCNC(C)c1csc(NS(=O)(=O)c2ccn[nH]2)n1. The van der Waals surface area contributed by atoms with Crippen LogP contribution in [0.3, 0.4) is 0 Å². The predicted octanol–water partition coefficient (Wildman–Crippen LogP) is 1.34. The predicted molar refractivity (Wildman–Crippen MR) is 73.6 cm³/mol. The van der Waals surface area contributed by atoms with Gasteiger partial charge < -0.3 is 5.32 Å². The van der Waals surface area contributed by atoms with Gasteiger partial charge in [-0.1, -0.05) is 6.92 Å². The van der Waals surface area contributed by atoms with Gasteiger partial charge in [0.05, 0.1) is 11.9 Å². The molecule has 0 bridgehead atoms. The number of rotatable bonds is 6. The standard InChI is InChI=1S/C10H15N5O2S2/c1-3-11-7(2)8-6-18-10(13-8)15-19(16,17)9-4-5-12-14-9/h4-7,11H,3H2,1-2H3,(H,12,14)(H,13,15). The second-order valence-electron chi connectivity index (χ2n) is 3.88. The lowest BCUT2D eigenvalue weighted by atomic mass is 10.3. The van der Waals surface area contributed by atoms with Crippen LogP contribution in [0.2, 0.25) is 0 Å². The average molecular weight is 301 g/mol. The topological polar surface area (TPSA) is 99.8 Å². The molecule has 2 heterocycles. The van der Waals surface area contributed by atoms with Gasteiger partial charge in [0.25, 0.3) is 10.0 Å². The van der Waals surface area contributed by atoms with Crippen molar-refractivity contribution in [3.8, 4) is 0 Å². The maximum atomic E-state index is 11.9. The molecule has 0 fully saturated rings. The van der Waals surface area contributed by atoms with E-state index in [1.165, 1.54) is 23.6 Å². The molecule has 2 aromatic rings. The fraction of sp³-hybridized carbons (Fsp3) is 0.400. The molecular formula is C10H15N5O2S2. The molecule has 0 radical (unpaired) electrons. The summed E-state index contributed by atoms with van der Waals surface area (Å²) < 4.78 is 26.3. The Bertz CT molecular complexity index is 620. The van der Waals surface area contributed by atoms with E-state index < -0.39 is 10.0 Å². The van der Waals surface area contributed by atoms with E-state index in [9.17, 15) is 8.42 Å². The second kappa shape index (κ2) is 5.68. The quantitative estimate of drug-likeness (QED) is 0.747. The lowest BCUT2D eigenvalue weighted by Gasteiger charge is -2.08. The highest BCUT2D eigenvalue weighted by Crippen LogP contribution is 2.22. The van der Waals surface area contributed by atoms with Crippen molar-refractivity contribution < 1.29 is 8.42 Å². The van der Waals surface area contributed by atoms with Gasteiger partial charge in [0, 0.05) is 11.4 Å². The van der Waals surface area contributed by atoms with Gasteiger partial charge in [0.2, 0.25) is 0 Å². The van der Waals surface area contributed by atoms with Crippen LogP contribution in [0, 0.1) is 0 Å². The summed E-state index contributed by atoms with van der Waals surface area (Å²) in [7, 11) is -3.64. The summed E-state index contributed by atoms with van der Waals surface area (Å²) in [6.07, 6.45) is 1.38. The van der Waals surface area contributed by atoms with Crippen molar-refractivity contribution in [1.29, 1.82) is 0 Å². The zero-order valence-corrected chi connectivity index (χ0v) is 12.2. The minimum absolute atomic E-state index is 0.0176. The van der Waals surface area contributed by atoms with E-state index in [0.29, 0.717) is 5.13 Å². The van der Waals surface area contributed by atoms with E-state index in [4.69, 9.17) is 0 Å². The lowest BCUT2D eigenvalue weighted by molar-refractivity contribution is 0.586. The summed E-state index contributed by atoms with van der Waals surface area (Å²) in [6.45, 7) is 4.81.